The average molecular weight is 467 g/mol. The maximum atomic E-state index is 11.3. The number of aliphatic carboxylic acids is 1. The zero-order valence-electron chi connectivity index (χ0n) is 18.7. The van der Waals surface area contributed by atoms with Crippen molar-refractivity contribution in [3.8, 4) is 0 Å². The smallest absolute Gasteiger partial charge is 0.154 e. The highest BCUT2D eigenvalue weighted by Crippen LogP contribution is 2.28. The van der Waals surface area contributed by atoms with E-state index in [2.05, 4.69) is 14.1 Å². The standard InChI is InChI=1S/C14H12O3.C8H18NO.CH4O3S/c15-13(16)14(17,11-7-3-1-4-8-11)12-9-5-2-6-10-12;1-9(2)6-4-3-5-8(9)7-10;1-5(2,3)4/h1-10,17H,(H,15,16);8,10H,3-7H2,1-2H3;1H3,(H,2,3,4)/q;+1;/p-2. The Labute approximate surface area is 190 Å². The summed E-state index contributed by atoms with van der Waals surface area (Å²) in [6, 6.07) is 16.9. The van der Waals surface area contributed by atoms with Crippen LogP contribution in [0.15, 0.2) is 60.7 Å². The Bertz CT molecular complexity index is 884. The summed E-state index contributed by atoms with van der Waals surface area (Å²) in [6.07, 6.45) is 4.42. The molecule has 8 nitrogen and oxygen atoms in total. The predicted octanol–water partition coefficient (Wildman–Crippen LogP) is 0.441. The van der Waals surface area contributed by atoms with Crippen molar-refractivity contribution in [2.75, 3.05) is 33.5 Å². The number of nitrogens with zero attached hydrogens (tertiary/aromatic N) is 1. The van der Waals surface area contributed by atoms with Crippen molar-refractivity contribution in [1.29, 1.82) is 0 Å². The summed E-state index contributed by atoms with van der Waals surface area (Å²) in [5, 5.41) is 30.6. The first-order chi connectivity index (χ1) is 14.8. The lowest BCUT2D eigenvalue weighted by Crippen LogP contribution is -2.53. The van der Waals surface area contributed by atoms with Gasteiger partial charge in [-0.05, 0) is 24.0 Å². The van der Waals surface area contributed by atoms with E-state index in [1.54, 1.807) is 60.7 Å². The van der Waals surface area contributed by atoms with Crippen molar-refractivity contribution in [2.24, 2.45) is 0 Å². The number of hydrogen-bond donors (Lipinski definition) is 2. The van der Waals surface area contributed by atoms with Gasteiger partial charge in [0.15, 0.2) is 5.60 Å². The first kappa shape index (κ1) is 27.7. The number of likely N-dealkylation sites (tertiary alicyclic amines) is 1. The van der Waals surface area contributed by atoms with Crippen LogP contribution in [0, 0.1) is 0 Å². The summed E-state index contributed by atoms with van der Waals surface area (Å²) in [4.78, 5) is 11.3. The summed E-state index contributed by atoms with van der Waals surface area (Å²) in [5.41, 5.74) is -1.54. The van der Waals surface area contributed by atoms with E-state index in [1.165, 1.54) is 25.8 Å². The van der Waals surface area contributed by atoms with E-state index in [0.717, 1.165) is 4.48 Å². The Balaban J connectivity index is 0.000000288. The van der Waals surface area contributed by atoms with Gasteiger partial charge in [0, 0.05) is 12.7 Å². The van der Waals surface area contributed by atoms with Crippen molar-refractivity contribution >= 4 is 16.1 Å². The summed E-state index contributed by atoms with van der Waals surface area (Å²) in [5.74, 6) is -1.53. The summed E-state index contributed by atoms with van der Waals surface area (Å²) >= 11 is 0. The largest absolute Gasteiger partial charge is 0.748 e. The van der Waals surface area contributed by atoms with Gasteiger partial charge in [-0.2, -0.15) is 0 Å². The molecule has 1 heterocycles. The topological polar surface area (TPSA) is 138 Å². The molecule has 1 unspecified atom stereocenters. The number of piperidine rings is 1. The lowest BCUT2D eigenvalue weighted by Gasteiger charge is -2.40. The van der Waals surface area contributed by atoms with Gasteiger partial charge in [0.25, 0.3) is 0 Å². The SMILES string of the molecule is CS(=O)(=O)[O-].C[N+]1(C)CCCCC1CO.O=C([O-])C(O)(c1ccccc1)c1ccccc1. The molecule has 3 rings (SSSR count). The van der Waals surface area contributed by atoms with Crippen LogP contribution in [-0.2, 0) is 20.5 Å². The monoisotopic (exact) mass is 466 g/mol. The Hall–Kier alpha value is -2.30. The van der Waals surface area contributed by atoms with Crippen LogP contribution in [0.2, 0.25) is 0 Å². The van der Waals surface area contributed by atoms with E-state index >= 15 is 0 Å². The van der Waals surface area contributed by atoms with Crippen LogP contribution >= 0.6 is 0 Å². The van der Waals surface area contributed by atoms with E-state index in [9.17, 15) is 15.0 Å². The van der Waals surface area contributed by atoms with Crippen LogP contribution in [0.5, 0.6) is 0 Å². The molecule has 1 fully saturated rings. The molecule has 32 heavy (non-hydrogen) atoms. The van der Waals surface area contributed by atoms with Gasteiger partial charge in [-0.25, -0.2) is 8.42 Å². The third-order valence-electron chi connectivity index (χ3n) is 5.40. The van der Waals surface area contributed by atoms with E-state index in [0.29, 0.717) is 18.9 Å². The predicted molar refractivity (Wildman–Crippen MR) is 118 cm³/mol. The molecule has 2 aromatic carbocycles. The highest BCUT2D eigenvalue weighted by molar-refractivity contribution is 7.84. The summed E-state index contributed by atoms with van der Waals surface area (Å²) in [7, 11) is 0.500. The molecule has 2 N–H and O–H groups in total. The first-order valence-corrected chi connectivity index (χ1v) is 12.0. The minimum Gasteiger partial charge on any atom is -0.748 e. The van der Waals surface area contributed by atoms with Crippen LogP contribution in [-0.4, -0.2) is 73.2 Å². The van der Waals surface area contributed by atoms with Gasteiger partial charge in [0.2, 0.25) is 0 Å². The average Bonchev–Trinajstić information content (AvgIpc) is 2.73. The third kappa shape index (κ3) is 8.68. The fourth-order valence-corrected chi connectivity index (χ4v) is 3.50. The van der Waals surface area contributed by atoms with Crippen molar-refractivity contribution in [3.63, 3.8) is 0 Å². The maximum absolute atomic E-state index is 11.3. The fraction of sp³-hybridized carbons (Fsp3) is 0.435. The number of hydrogen-bond acceptors (Lipinski definition) is 7. The second-order valence-electron chi connectivity index (χ2n) is 8.27. The van der Waals surface area contributed by atoms with Gasteiger partial charge in [-0.3, -0.25) is 0 Å². The van der Waals surface area contributed by atoms with Gasteiger partial charge in [-0.15, -0.1) is 0 Å². The molecular formula is C23H32NO7S-. The van der Waals surface area contributed by atoms with Crippen LogP contribution < -0.4 is 5.11 Å². The number of likely N-dealkylation sites (N-methyl/N-ethyl adjacent to an activating group) is 1. The normalized spacial score (nSPS) is 17.8. The summed E-state index contributed by atoms with van der Waals surface area (Å²) < 4.78 is 28.2. The number of rotatable bonds is 4. The van der Waals surface area contributed by atoms with Crippen molar-refractivity contribution < 1.29 is 37.6 Å². The highest BCUT2D eigenvalue weighted by atomic mass is 32.2. The second kappa shape index (κ2) is 12.1. The number of aliphatic hydroxyl groups excluding tert-OH is 1. The molecule has 0 aliphatic carbocycles. The van der Waals surface area contributed by atoms with E-state index in [1.807, 2.05) is 0 Å². The quantitative estimate of drug-likeness (QED) is 0.493. The molecule has 2 aromatic rings. The van der Waals surface area contributed by atoms with Crippen molar-refractivity contribution in [3.05, 3.63) is 71.8 Å². The zero-order valence-corrected chi connectivity index (χ0v) is 19.5. The minimum absolute atomic E-state index is 0.284. The number of benzene rings is 2. The number of carboxylic acid groups (broad SMARTS) is 1. The molecule has 178 valence electrons. The lowest BCUT2D eigenvalue weighted by atomic mass is 9.86. The van der Waals surface area contributed by atoms with Gasteiger partial charge in [0.1, 0.15) is 6.04 Å². The highest BCUT2D eigenvalue weighted by Gasteiger charge is 2.33. The molecule has 0 radical (unpaired) electrons. The zero-order chi connectivity index (χ0) is 24.4. The number of quaternary nitrogens is 1. The van der Waals surface area contributed by atoms with Gasteiger partial charge >= 0.3 is 0 Å². The molecule has 0 amide bonds. The van der Waals surface area contributed by atoms with E-state index < -0.39 is 21.7 Å². The van der Waals surface area contributed by atoms with E-state index in [4.69, 9.17) is 18.1 Å². The van der Waals surface area contributed by atoms with Crippen LogP contribution in [0.3, 0.4) is 0 Å². The van der Waals surface area contributed by atoms with Crippen molar-refractivity contribution in [2.45, 2.75) is 30.9 Å². The Kier molecular flexibility index (Phi) is 10.5. The molecule has 0 aromatic heterocycles. The molecule has 0 spiro atoms. The maximum Gasteiger partial charge on any atom is 0.154 e. The third-order valence-corrected chi connectivity index (χ3v) is 5.40. The molecule has 1 aliphatic heterocycles. The Morgan fingerprint density at radius 3 is 1.72 bits per heavy atom. The molecule has 0 bridgehead atoms. The fourth-order valence-electron chi connectivity index (χ4n) is 3.50. The van der Waals surface area contributed by atoms with Crippen LogP contribution in [0.4, 0.5) is 0 Å². The van der Waals surface area contributed by atoms with Gasteiger partial charge < -0.3 is 29.1 Å². The first-order valence-electron chi connectivity index (χ1n) is 10.2. The summed E-state index contributed by atoms with van der Waals surface area (Å²) in [6.45, 7) is 1.58. The van der Waals surface area contributed by atoms with E-state index in [-0.39, 0.29) is 11.1 Å². The molecular weight excluding hydrogens is 434 g/mol. The van der Waals surface area contributed by atoms with Crippen LogP contribution in [0.1, 0.15) is 30.4 Å². The molecule has 1 atom stereocenters. The number of carbonyl (C=O) groups excluding carboxylic acids is 1. The molecule has 1 saturated heterocycles. The minimum atomic E-state index is -3.92. The Morgan fingerprint density at radius 1 is 1.03 bits per heavy atom. The molecule has 1 aliphatic rings. The number of aliphatic hydroxyl groups is 2. The number of carbonyl (C=O) groups is 1. The Morgan fingerprint density at radius 2 is 1.44 bits per heavy atom. The second-order valence-corrected chi connectivity index (χ2v) is 9.68. The van der Waals surface area contributed by atoms with Crippen LogP contribution in [0.25, 0.3) is 0 Å². The lowest BCUT2D eigenvalue weighted by molar-refractivity contribution is -0.920. The molecule has 0 saturated carbocycles. The van der Waals surface area contributed by atoms with Gasteiger partial charge in [0.05, 0.1) is 43.3 Å². The van der Waals surface area contributed by atoms with Crippen molar-refractivity contribution in [1.82, 2.24) is 0 Å². The van der Waals surface area contributed by atoms with Gasteiger partial charge in [-0.1, -0.05) is 60.7 Å². The number of carboxylic acids is 1. The molecule has 9 heteroatoms.